The lowest BCUT2D eigenvalue weighted by molar-refractivity contribution is 1.03. The van der Waals surface area contributed by atoms with E-state index in [2.05, 4.69) is 30.9 Å². The summed E-state index contributed by atoms with van der Waals surface area (Å²) in [5.41, 5.74) is 0. The highest BCUT2D eigenvalue weighted by atomic mass is 79.9. The van der Waals surface area contributed by atoms with E-state index < -0.39 is 0 Å². The molecule has 1 N–H and O–H groups in total. The Labute approximate surface area is 98.4 Å². The molecule has 0 aliphatic heterocycles. The van der Waals surface area contributed by atoms with E-state index in [1.165, 1.54) is 11.8 Å². The number of pyridine rings is 1. The fraction of sp³-hybridized carbons (Fsp3) is 0. The van der Waals surface area contributed by atoms with Gasteiger partial charge in [0.25, 0.3) is 0 Å². The van der Waals surface area contributed by atoms with E-state index in [1.54, 1.807) is 24.7 Å². The molecule has 2 aromatic rings. The summed E-state index contributed by atoms with van der Waals surface area (Å²) in [6, 6.07) is 1.81. The summed E-state index contributed by atoms with van der Waals surface area (Å²) in [5.74, 6) is 0. The van der Waals surface area contributed by atoms with Gasteiger partial charge >= 0.3 is 0 Å². The minimum Gasteiger partial charge on any atom is -0.339 e. The average molecular weight is 291 g/mol. The maximum Gasteiger partial charge on any atom is 0.171 e. The zero-order valence-electron chi connectivity index (χ0n) is 6.87. The van der Waals surface area contributed by atoms with Crippen molar-refractivity contribution < 1.29 is 0 Å². The first-order valence-electron chi connectivity index (χ1n) is 3.74. The van der Waals surface area contributed by atoms with Gasteiger partial charge in [-0.1, -0.05) is 11.6 Å². The lowest BCUT2D eigenvalue weighted by Crippen LogP contribution is -1.83. The number of halogens is 2. The number of nitrogens with zero attached hydrogens (tertiary/aromatic N) is 2. The van der Waals surface area contributed by atoms with Crippen molar-refractivity contribution in [3.63, 3.8) is 0 Å². The highest BCUT2D eigenvalue weighted by molar-refractivity contribution is 9.10. The van der Waals surface area contributed by atoms with Crippen LogP contribution in [0.25, 0.3) is 0 Å². The first-order chi connectivity index (χ1) is 6.75. The number of rotatable bonds is 2. The molecule has 0 bridgehead atoms. The third kappa shape index (κ3) is 2.29. The third-order valence-electron chi connectivity index (χ3n) is 1.44. The summed E-state index contributed by atoms with van der Waals surface area (Å²) < 4.78 is 0.867. The first kappa shape index (κ1) is 10.0. The summed E-state index contributed by atoms with van der Waals surface area (Å²) in [6.07, 6.45) is 5.08. The van der Waals surface area contributed by atoms with Crippen LogP contribution in [0.4, 0.5) is 0 Å². The molecule has 3 nitrogen and oxygen atoms in total. The molecule has 0 spiro atoms. The number of hydrogen-bond donors (Lipinski definition) is 1. The number of H-pyrrole nitrogens is 1. The predicted octanol–water partition coefficient (Wildman–Crippen LogP) is 3.37. The Bertz CT molecular complexity index is 432. The molecule has 72 valence electrons. The second kappa shape index (κ2) is 4.33. The quantitative estimate of drug-likeness (QED) is 0.922. The van der Waals surface area contributed by atoms with E-state index >= 15 is 0 Å². The van der Waals surface area contributed by atoms with Gasteiger partial charge in [0.1, 0.15) is 5.03 Å². The zero-order chi connectivity index (χ0) is 9.97. The molecular weight excluding hydrogens is 286 g/mol. The number of imidazole rings is 1. The predicted molar refractivity (Wildman–Crippen MR) is 59.7 cm³/mol. The van der Waals surface area contributed by atoms with Crippen LogP contribution in [0, 0.1) is 0 Å². The number of aromatic amines is 1. The van der Waals surface area contributed by atoms with Gasteiger partial charge in [-0.25, -0.2) is 9.97 Å². The van der Waals surface area contributed by atoms with E-state index in [1.807, 2.05) is 0 Å². The van der Waals surface area contributed by atoms with Crippen LogP contribution < -0.4 is 0 Å². The summed E-state index contributed by atoms with van der Waals surface area (Å²) in [4.78, 5) is 11.3. The van der Waals surface area contributed by atoms with Crippen LogP contribution in [-0.2, 0) is 0 Å². The van der Waals surface area contributed by atoms with Crippen LogP contribution in [0.3, 0.4) is 0 Å². The maximum absolute atomic E-state index is 5.77. The van der Waals surface area contributed by atoms with Crippen molar-refractivity contribution in [2.45, 2.75) is 10.2 Å². The van der Waals surface area contributed by atoms with Crippen LogP contribution in [0.5, 0.6) is 0 Å². The van der Waals surface area contributed by atoms with Crippen molar-refractivity contribution in [3.8, 4) is 0 Å². The minimum atomic E-state index is 0.612. The molecule has 14 heavy (non-hydrogen) atoms. The molecule has 0 atom stereocenters. The van der Waals surface area contributed by atoms with Gasteiger partial charge in [-0.2, -0.15) is 0 Å². The van der Waals surface area contributed by atoms with E-state index in [9.17, 15) is 0 Å². The van der Waals surface area contributed by atoms with E-state index in [0.29, 0.717) is 5.02 Å². The van der Waals surface area contributed by atoms with Gasteiger partial charge in [0, 0.05) is 18.6 Å². The molecular formula is C8H5BrClN3S. The van der Waals surface area contributed by atoms with Crippen LogP contribution in [0.2, 0.25) is 5.02 Å². The van der Waals surface area contributed by atoms with Gasteiger partial charge in [0.2, 0.25) is 0 Å². The second-order valence-corrected chi connectivity index (χ2v) is 4.71. The Morgan fingerprint density at radius 2 is 2.29 bits per heavy atom. The van der Waals surface area contributed by atoms with Crippen molar-refractivity contribution in [1.82, 2.24) is 15.0 Å². The van der Waals surface area contributed by atoms with Crippen LogP contribution in [-0.4, -0.2) is 15.0 Å². The Balaban J connectivity index is 2.25. The molecule has 0 fully saturated rings. The van der Waals surface area contributed by atoms with Gasteiger partial charge in [-0.05, 0) is 33.8 Å². The van der Waals surface area contributed by atoms with E-state index in [-0.39, 0.29) is 0 Å². The molecule has 2 heterocycles. The first-order valence-corrected chi connectivity index (χ1v) is 5.73. The fourth-order valence-corrected chi connectivity index (χ4v) is 2.44. The normalized spacial score (nSPS) is 10.4. The smallest absolute Gasteiger partial charge is 0.171 e. The van der Waals surface area contributed by atoms with Gasteiger partial charge in [0.05, 0.1) is 9.50 Å². The lowest BCUT2D eigenvalue weighted by atomic mass is 10.5. The maximum atomic E-state index is 5.77. The fourth-order valence-electron chi connectivity index (χ4n) is 0.875. The molecule has 0 radical (unpaired) electrons. The van der Waals surface area contributed by atoms with Crippen molar-refractivity contribution in [1.29, 1.82) is 0 Å². The molecule has 0 saturated heterocycles. The van der Waals surface area contributed by atoms with Gasteiger partial charge in [-0.3, -0.25) is 0 Å². The largest absolute Gasteiger partial charge is 0.339 e. The van der Waals surface area contributed by atoms with Gasteiger partial charge in [0.15, 0.2) is 5.16 Å². The third-order valence-corrected chi connectivity index (χ3v) is 3.45. The summed E-state index contributed by atoms with van der Waals surface area (Å²) >= 11 is 10.6. The van der Waals surface area contributed by atoms with Crippen molar-refractivity contribution in [2.24, 2.45) is 0 Å². The molecule has 2 rings (SSSR count). The van der Waals surface area contributed by atoms with Gasteiger partial charge in [-0.15, -0.1) is 0 Å². The minimum absolute atomic E-state index is 0.612. The molecule has 0 amide bonds. The molecule has 0 unspecified atom stereocenters. The number of hydrogen-bond acceptors (Lipinski definition) is 3. The van der Waals surface area contributed by atoms with Crippen molar-refractivity contribution in [2.75, 3.05) is 0 Å². The standard InChI is InChI=1S/C8H5BrClN3S/c9-6-3-5(10)4-13-7(6)14-8-11-1-2-12-8/h1-4H,(H,11,12). The van der Waals surface area contributed by atoms with Gasteiger partial charge < -0.3 is 4.98 Å². The molecule has 6 heteroatoms. The van der Waals surface area contributed by atoms with E-state index in [0.717, 1.165) is 14.7 Å². The van der Waals surface area contributed by atoms with E-state index in [4.69, 9.17) is 11.6 Å². The Kier molecular flexibility index (Phi) is 3.10. The summed E-state index contributed by atoms with van der Waals surface area (Å²) in [5, 5.41) is 2.26. The lowest BCUT2D eigenvalue weighted by Gasteiger charge is -2.00. The summed E-state index contributed by atoms with van der Waals surface area (Å²) in [7, 11) is 0. The second-order valence-electron chi connectivity index (χ2n) is 2.44. The Morgan fingerprint density at radius 1 is 1.43 bits per heavy atom. The molecule has 0 aliphatic rings. The highest BCUT2D eigenvalue weighted by Crippen LogP contribution is 2.30. The van der Waals surface area contributed by atoms with Crippen molar-refractivity contribution in [3.05, 3.63) is 34.2 Å². The Morgan fingerprint density at radius 3 is 2.93 bits per heavy atom. The zero-order valence-corrected chi connectivity index (χ0v) is 10.0. The molecule has 0 aliphatic carbocycles. The topological polar surface area (TPSA) is 41.6 Å². The Hall–Kier alpha value is -0.520. The van der Waals surface area contributed by atoms with Crippen LogP contribution in [0.15, 0.2) is 39.3 Å². The highest BCUT2D eigenvalue weighted by Gasteiger charge is 2.05. The number of nitrogens with one attached hydrogen (secondary N) is 1. The SMILES string of the molecule is Clc1cnc(Sc2ncc[nH]2)c(Br)c1. The molecule has 2 aromatic heterocycles. The van der Waals surface area contributed by atoms with Crippen LogP contribution in [0.1, 0.15) is 0 Å². The van der Waals surface area contributed by atoms with Crippen molar-refractivity contribution >= 4 is 39.3 Å². The monoisotopic (exact) mass is 289 g/mol. The number of aromatic nitrogens is 3. The average Bonchev–Trinajstić information content (AvgIpc) is 2.62. The molecule has 0 aromatic carbocycles. The van der Waals surface area contributed by atoms with Crippen LogP contribution >= 0.6 is 39.3 Å². The summed E-state index contributed by atoms with van der Waals surface area (Å²) in [6.45, 7) is 0. The molecule has 0 saturated carbocycles.